The van der Waals surface area contributed by atoms with Gasteiger partial charge in [-0.2, -0.15) is 0 Å². The lowest BCUT2D eigenvalue weighted by molar-refractivity contribution is 0.0543. The van der Waals surface area contributed by atoms with Gasteiger partial charge in [-0.15, -0.1) is 0 Å². The molecule has 0 bridgehead atoms. The summed E-state index contributed by atoms with van der Waals surface area (Å²) in [7, 11) is 0. The zero-order valence-corrected chi connectivity index (χ0v) is 13.0. The van der Waals surface area contributed by atoms with Crippen LogP contribution in [0, 0.1) is 5.92 Å². The number of nitrogen functional groups attached to an aromatic ring is 1. The van der Waals surface area contributed by atoms with Crippen LogP contribution < -0.4 is 10.5 Å². The lowest BCUT2D eigenvalue weighted by Crippen LogP contribution is -2.40. The Bertz CT molecular complexity index is 417. The number of hydrogen-bond donors (Lipinski definition) is 2. The van der Waals surface area contributed by atoms with Crippen molar-refractivity contribution in [2.75, 3.05) is 32.0 Å². The highest BCUT2D eigenvalue weighted by atomic mass is 16.5. The first-order chi connectivity index (χ1) is 10.2. The molecule has 1 fully saturated rings. The molecule has 0 radical (unpaired) electrons. The van der Waals surface area contributed by atoms with Crippen molar-refractivity contribution >= 4 is 5.69 Å². The van der Waals surface area contributed by atoms with E-state index in [1.807, 2.05) is 18.2 Å². The number of nitrogens with two attached hydrogens (primary N) is 1. The fraction of sp³-hybridized carbons (Fsp3) is 0.647. The van der Waals surface area contributed by atoms with Gasteiger partial charge < -0.3 is 20.5 Å². The highest BCUT2D eigenvalue weighted by molar-refractivity contribution is 5.43. The number of piperidine rings is 1. The molecule has 1 aliphatic heterocycles. The van der Waals surface area contributed by atoms with Crippen molar-refractivity contribution in [2.45, 2.75) is 38.7 Å². The van der Waals surface area contributed by atoms with Gasteiger partial charge in [-0.05, 0) is 44.0 Å². The lowest BCUT2D eigenvalue weighted by atomic mass is 9.92. The molecule has 2 rings (SSSR count). The van der Waals surface area contributed by atoms with Crippen LogP contribution >= 0.6 is 0 Å². The summed E-state index contributed by atoms with van der Waals surface area (Å²) in [5.74, 6) is 1.60. The monoisotopic (exact) mass is 292 g/mol. The number of β-amino-alcohol motifs (C(OH)–C–C–N with tert-alkyl or cyclic N) is 1. The van der Waals surface area contributed by atoms with Crippen molar-refractivity contribution in [1.82, 2.24) is 4.90 Å². The molecule has 0 spiro atoms. The molecule has 4 heteroatoms. The van der Waals surface area contributed by atoms with Crippen molar-refractivity contribution in [3.05, 3.63) is 24.3 Å². The largest absolute Gasteiger partial charge is 0.491 e. The number of ether oxygens (including phenoxy) is 1. The van der Waals surface area contributed by atoms with E-state index < -0.39 is 6.10 Å². The quantitative estimate of drug-likeness (QED) is 0.758. The van der Waals surface area contributed by atoms with Crippen LogP contribution in [0.25, 0.3) is 0 Å². The molecule has 21 heavy (non-hydrogen) atoms. The van der Waals surface area contributed by atoms with E-state index >= 15 is 0 Å². The molecule has 0 aromatic heterocycles. The van der Waals surface area contributed by atoms with Crippen LogP contribution in [0.5, 0.6) is 5.75 Å². The number of likely N-dealkylation sites (tertiary alicyclic amines) is 1. The Morgan fingerprint density at radius 1 is 1.38 bits per heavy atom. The third kappa shape index (κ3) is 5.56. The van der Waals surface area contributed by atoms with E-state index in [0.717, 1.165) is 24.8 Å². The molecule has 0 saturated carbocycles. The number of aliphatic hydroxyl groups excluding tert-OH is 1. The van der Waals surface area contributed by atoms with Gasteiger partial charge in [0.2, 0.25) is 0 Å². The number of benzene rings is 1. The van der Waals surface area contributed by atoms with Gasteiger partial charge in [0, 0.05) is 18.3 Å². The van der Waals surface area contributed by atoms with Crippen molar-refractivity contribution in [3.63, 3.8) is 0 Å². The first-order valence-electron chi connectivity index (χ1n) is 8.06. The Kier molecular flexibility index (Phi) is 6.33. The maximum absolute atomic E-state index is 10.1. The van der Waals surface area contributed by atoms with Crippen LogP contribution in [-0.4, -0.2) is 42.4 Å². The molecule has 1 aliphatic rings. The van der Waals surface area contributed by atoms with Crippen molar-refractivity contribution in [2.24, 2.45) is 5.92 Å². The van der Waals surface area contributed by atoms with Gasteiger partial charge in [0.15, 0.2) is 0 Å². The highest BCUT2D eigenvalue weighted by Gasteiger charge is 2.20. The van der Waals surface area contributed by atoms with Crippen LogP contribution in [0.2, 0.25) is 0 Å². The fourth-order valence-corrected chi connectivity index (χ4v) is 3.01. The minimum absolute atomic E-state index is 0.318. The number of aliphatic hydroxyl groups is 1. The zero-order valence-electron chi connectivity index (χ0n) is 13.0. The molecule has 3 N–H and O–H groups in total. The Hall–Kier alpha value is -1.26. The second-order valence-electron chi connectivity index (χ2n) is 6.07. The molecule has 0 aliphatic carbocycles. The summed E-state index contributed by atoms with van der Waals surface area (Å²) >= 11 is 0. The lowest BCUT2D eigenvalue weighted by Gasteiger charge is -2.33. The van der Waals surface area contributed by atoms with Crippen LogP contribution in [-0.2, 0) is 0 Å². The van der Waals surface area contributed by atoms with E-state index in [4.69, 9.17) is 10.5 Å². The van der Waals surface area contributed by atoms with Gasteiger partial charge >= 0.3 is 0 Å². The second-order valence-corrected chi connectivity index (χ2v) is 6.07. The predicted molar refractivity (Wildman–Crippen MR) is 86.4 cm³/mol. The minimum atomic E-state index is -0.450. The normalized spacial score (nSPS) is 18.6. The standard InChI is InChI=1S/C17H28N2O2/c1-2-4-14-7-9-19(10-8-14)12-16(20)13-21-17-6-3-5-15(18)11-17/h3,5-6,11,14,16,20H,2,4,7-10,12-13,18H2,1H3. The van der Waals surface area contributed by atoms with Gasteiger partial charge in [-0.3, -0.25) is 0 Å². The summed E-state index contributed by atoms with van der Waals surface area (Å²) in [6.45, 7) is 5.46. The molecule has 118 valence electrons. The van der Waals surface area contributed by atoms with Gasteiger partial charge in [0.05, 0.1) is 0 Å². The van der Waals surface area contributed by atoms with E-state index in [1.165, 1.54) is 25.7 Å². The summed E-state index contributed by atoms with van der Waals surface area (Å²) < 4.78 is 5.59. The molecule has 4 nitrogen and oxygen atoms in total. The maximum Gasteiger partial charge on any atom is 0.121 e. The summed E-state index contributed by atoms with van der Waals surface area (Å²) in [6.07, 6.45) is 4.69. The van der Waals surface area contributed by atoms with Crippen molar-refractivity contribution in [1.29, 1.82) is 0 Å². The third-order valence-corrected chi connectivity index (χ3v) is 4.17. The molecular weight excluding hydrogens is 264 g/mol. The summed E-state index contributed by atoms with van der Waals surface area (Å²) in [5, 5.41) is 10.1. The molecule has 1 aromatic carbocycles. The van der Waals surface area contributed by atoms with E-state index in [1.54, 1.807) is 6.07 Å². The number of hydrogen-bond acceptors (Lipinski definition) is 4. The van der Waals surface area contributed by atoms with Crippen molar-refractivity contribution in [3.8, 4) is 5.75 Å². The van der Waals surface area contributed by atoms with Gasteiger partial charge in [-0.1, -0.05) is 25.8 Å². The highest BCUT2D eigenvalue weighted by Crippen LogP contribution is 2.21. The van der Waals surface area contributed by atoms with Crippen LogP contribution in [0.4, 0.5) is 5.69 Å². The number of anilines is 1. The molecule has 1 saturated heterocycles. The first-order valence-corrected chi connectivity index (χ1v) is 8.06. The van der Waals surface area contributed by atoms with Gasteiger partial charge in [-0.25, -0.2) is 0 Å². The molecule has 1 atom stereocenters. The Morgan fingerprint density at radius 2 is 2.14 bits per heavy atom. The second kappa shape index (κ2) is 8.25. The first kappa shape index (κ1) is 16.1. The molecular formula is C17H28N2O2. The van der Waals surface area contributed by atoms with E-state index in [2.05, 4.69) is 11.8 Å². The Morgan fingerprint density at radius 3 is 2.81 bits per heavy atom. The molecule has 1 unspecified atom stereocenters. The summed E-state index contributed by atoms with van der Waals surface area (Å²) in [5.41, 5.74) is 6.38. The number of rotatable bonds is 7. The van der Waals surface area contributed by atoms with E-state index in [-0.39, 0.29) is 0 Å². The third-order valence-electron chi connectivity index (χ3n) is 4.17. The fourth-order valence-electron chi connectivity index (χ4n) is 3.01. The molecule has 1 aromatic rings. The predicted octanol–water partition coefficient (Wildman–Crippen LogP) is 2.52. The van der Waals surface area contributed by atoms with E-state index in [9.17, 15) is 5.11 Å². The minimum Gasteiger partial charge on any atom is -0.491 e. The average molecular weight is 292 g/mol. The molecule has 1 heterocycles. The maximum atomic E-state index is 10.1. The Balaban J connectivity index is 1.67. The summed E-state index contributed by atoms with van der Waals surface area (Å²) in [6, 6.07) is 7.32. The van der Waals surface area contributed by atoms with Gasteiger partial charge in [0.25, 0.3) is 0 Å². The van der Waals surface area contributed by atoms with Crippen LogP contribution in [0.1, 0.15) is 32.6 Å². The SMILES string of the molecule is CCCC1CCN(CC(O)COc2cccc(N)c2)CC1. The van der Waals surface area contributed by atoms with Crippen LogP contribution in [0.15, 0.2) is 24.3 Å². The topological polar surface area (TPSA) is 58.7 Å². The molecule has 0 amide bonds. The Labute approximate surface area is 127 Å². The number of nitrogens with zero attached hydrogens (tertiary/aromatic N) is 1. The van der Waals surface area contributed by atoms with Crippen LogP contribution in [0.3, 0.4) is 0 Å². The summed E-state index contributed by atoms with van der Waals surface area (Å²) in [4.78, 5) is 2.35. The van der Waals surface area contributed by atoms with E-state index in [0.29, 0.717) is 18.8 Å². The average Bonchev–Trinajstić information content (AvgIpc) is 2.48. The van der Waals surface area contributed by atoms with Gasteiger partial charge in [0.1, 0.15) is 18.5 Å². The zero-order chi connectivity index (χ0) is 15.1. The smallest absolute Gasteiger partial charge is 0.121 e. The van der Waals surface area contributed by atoms with Crippen molar-refractivity contribution < 1.29 is 9.84 Å².